The quantitative estimate of drug-likeness (QED) is 0.0263. The predicted octanol–water partition coefficient (Wildman–Crippen LogP) is 17.4. The summed E-state index contributed by atoms with van der Waals surface area (Å²) in [6.07, 6.45) is 54.8. The van der Waals surface area contributed by atoms with Gasteiger partial charge in [0.25, 0.3) is 0 Å². The minimum absolute atomic E-state index is 0.0706. The van der Waals surface area contributed by atoms with Gasteiger partial charge >= 0.3 is 17.9 Å². The van der Waals surface area contributed by atoms with E-state index in [0.717, 1.165) is 70.6 Å². The normalized spacial score (nSPS) is 12.0. The fourth-order valence-corrected chi connectivity index (χ4v) is 7.97. The Morgan fingerprint density at radius 1 is 0.317 bits per heavy atom. The van der Waals surface area contributed by atoms with E-state index in [1.165, 1.54) is 186 Å². The highest BCUT2D eigenvalue weighted by Gasteiger charge is 2.19. The topological polar surface area (TPSA) is 78.9 Å². The first-order chi connectivity index (χ1) is 29.5. The first-order valence-electron chi connectivity index (χ1n) is 26.7. The standard InChI is InChI=1S/C54H102O6/c1-4-7-10-13-16-19-22-25-26-27-28-30-32-35-38-41-44-47-53(56)59-50-51(49-58-52(55)46-43-40-37-34-31-24-21-18-15-12-9-6-3)60-54(57)48-45-42-39-36-33-29-23-20-17-14-11-8-5-2/h29,33,51H,4-28,30-32,34-50H2,1-3H3/b33-29-. The van der Waals surface area contributed by atoms with Gasteiger partial charge in [0.1, 0.15) is 13.2 Å². The summed E-state index contributed by atoms with van der Waals surface area (Å²) in [6, 6.07) is 0. The summed E-state index contributed by atoms with van der Waals surface area (Å²) in [5, 5.41) is 0. The Morgan fingerprint density at radius 3 is 0.850 bits per heavy atom. The summed E-state index contributed by atoms with van der Waals surface area (Å²) in [6.45, 7) is 6.65. The van der Waals surface area contributed by atoms with E-state index >= 15 is 0 Å². The van der Waals surface area contributed by atoms with Gasteiger partial charge in [0.2, 0.25) is 0 Å². The van der Waals surface area contributed by atoms with Gasteiger partial charge in [-0.1, -0.05) is 245 Å². The maximum Gasteiger partial charge on any atom is 0.306 e. The number of allylic oxidation sites excluding steroid dienone is 2. The van der Waals surface area contributed by atoms with Crippen molar-refractivity contribution in [2.24, 2.45) is 0 Å². The first-order valence-corrected chi connectivity index (χ1v) is 26.7. The van der Waals surface area contributed by atoms with E-state index < -0.39 is 6.10 Å². The van der Waals surface area contributed by atoms with Crippen molar-refractivity contribution >= 4 is 17.9 Å². The molecule has 0 radical (unpaired) electrons. The molecule has 0 N–H and O–H groups in total. The average Bonchev–Trinajstić information content (AvgIpc) is 3.24. The summed E-state index contributed by atoms with van der Waals surface area (Å²) < 4.78 is 16.8. The number of carbonyl (C=O) groups excluding carboxylic acids is 3. The van der Waals surface area contributed by atoms with Crippen molar-refractivity contribution in [2.75, 3.05) is 13.2 Å². The van der Waals surface area contributed by atoms with Crippen LogP contribution in [0.25, 0.3) is 0 Å². The molecule has 0 saturated heterocycles. The van der Waals surface area contributed by atoms with Gasteiger partial charge in [0, 0.05) is 19.3 Å². The zero-order valence-electron chi connectivity index (χ0n) is 40.5. The largest absolute Gasteiger partial charge is 0.462 e. The van der Waals surface area contributed by atoms with E-state index in [0.29, 0.717) is 19.3 Å². The number of unbranched alkanes of at least 4 members (excludes halogenated alkanes) is 36. The minimum atomic E-state index is -0.771. The SMILES string of the molecule is CCCCCCCC/C=C\CCCCCC(=O)OC(COC(=O)CCCCCCCCCCCCCC)COC(=O)CCCCCCCCCCCCCCCCCCC. The summed E-state index contributed by atoms with van der Waals surface area (Å²) >= 11 is 0. The molecule has 354 valence electrons. The van der Waals surface area contributed by atoms with Gasteiger partial charge in [-0.2, -0.15) is 0 Å². The highest BCUT2D eigenvalue weighted by Crippen LogP contribution is 2.16. The fraction of sp³-hybridized carbons (Fsp3) is 0.907. The van der Waals surface area contributed by atoms with Gasteiger partial charge in [-0.05, 0) is 44.9 Å². The maximum absolute atomic E-state index is 12.8. The van der Waals surface area contributed by atoms with Crippen molar-refractivity contribution in [1.29, 1.82) is 0 Å². The monoisotopic (exact) mass is 847 g/mol. The van der Waals surface area contributed by atoms with Crippen molar-refractivity contribution < 1.29 is 28.6 Å². The molecule has 0 heterocycles. The highest BCUT2D eigenvalue weighted by atomic mass is 16.6. The Bertz CT molecular complexity index is 931. The Kier molecular flexibility index (Phi) is 48.3. The van der Waals surface area contributed by atoms with Crippen LogP contribution in [0.3, 0.4) is 0 Å². The zero-order valence-corrected chi connectivity index (χ0v) is 40.5. The lowest BCUT2D eigenvalue weighted by atomic mass is 10.0. The summed E-state index contributed by atoms with van der Waals surface area (Å²) in [5.41, 5.74) is 0. The zero-order chi connectivity index (χ0) is 43.7. The molecular formula is C54H102O6. The first kappa shape index (κ1) is 58.1. The minimum Gasteiger partial charge on any atom is -0.462 e. The molecule has 0 aromatic carbocycles. The number of esters is 3. The van der Waals surface area contributed by atoms with Gasteiger partial charge in [0.05, 0.1) is 0 Å². The van der Waals surface area contributed by atoms with E-state index in [2.05, 4.69) is 32.9 Å². The summed E-state index contributed by atoms with van der Waals surface area (Å²) in [4.78, 5) is 37.9. The smallest absolute Gasteiger partial charge is 0.306 e. The number of ether oxygens (including phenoxy) is 3. The third-order valence-corrected chi connectivity index (χ3v) is 12.0. The molecule has 0 aliphatic rings. The Morgan fingerprint density at radius 2 is 0.550 bits per heavy atom. The molecule has 60 heavy (non-hydrogen) atoms. The molecule has 0 aromatic rings. The number of carbonyl (C=O) groups is 3. The van der Waals surface area contributed by atoms with Crippen LogP contribution >= 0.6 is 0 Å². The molecule has 0 aliphatic heterocycles. The molecule has 0 fully saturated rings. The molecule has 1 atom stereocenters. The van der Waals surface area contributed by atoms with Crippen LogP contribution < -0.4 is 0 Å². The van der Waals surface area contributed by atoms with E-state index in [1.807, 2.05) is 0 Å². The predicted molar refractivity (Wildman–Crippen MR) is 256 cm³/mol. The van der Waals surface area contributed by atoms with Crippen LogP contribution in [0.1, 0.15) is 297 Å². The molecule has 0 aliphatic carbocycles. The third-order valence-electron chi connectivity index (χ3n) is 12.0. The average molecular weight is 847 g/mol. The summed E-state index contributed by atoms with van der Waals surface area (Å²) in [5.74, 6) is -0.869. The molecule has 6 heteroatoms. The van der Waals surface area contributed by atoms with Crippen LogP contribution in [0.5, 0.6) is 0 Å². The van der Waals surface area contributed by atoms with Crippen molar-refractivity contribution in [3.05, 3.63) is 12.2 Å². The number of hydrogen-bond donors (Lipinski definition) is 0. The Hall–Kier alpha value is -1.85. The van der Waals surface area contributed by atoms with Crippen LogP contribution in [-0.2, 0) is 28.6 Å². The summed E-state index contributed by atoms with van der Waals surface area (Å²) in [7, 11) is 0. The van der Waals surface area contributed by atoms with Crippen LogP contribution in [0.15, 0.2) is 12.2 Å². The number of hydrogen-bond acceptors (Lipinski definition) is 6. The highest BCUT2D eigenvalue weighted by molar-refractivity contribution is 5.71. The lowest BCUT2D eigenvalue weighted by Gasteiger charge is -2.18. The second-order valence-electron chi connectivity index (χ2n) is 18.2. The molecule has 0 rings (SSSR count). The van der Waals surface area contributed by atoms with Gasteiger partial charge in [0.15, 0.2) is 6.10 Å². The maximum atomic E-state index is 12.8. The molecular weight excluding hydrogens is 745 g/mol. The molecule has 0 amide bonds. The molecule has 0 saturated carbocycles. The lowest BCUT2D eigenvalue weighted by Crippen LogP contribution is -2.30. The van der Waals surface area contributed by atoms with E-state index in [9.17, 15) is 14.4 Å². The van der Waals surface area contributed by atoms with Crippen molar-refractivity contribution in [3.8, 4) is 0 Å². The fourth-order valence-electron chi connectivity index (χ4n) is 7.97. The Labute approximate surface area is 373 Å². The molecule has 0 bridgehead atoms. The van der Waals surface area contributed by atoms with Crippen molar-refractivity contribution in [1.82, 2.24) is 0 Å². The molecule has 1 unspecified atom stereocenters. The Balaban J connectivity index is 4.31. The van der Waals surface area contributed by atoms with Crippen molar-refractivity contribution in [3.63, 3.8) is 0 Å². The molecule has 0 aromatic heterocycles. The van der Waals surface area contributed by atoms with Gasteiger partial charge in [-0.3, -0.25) is 14.4 Å². The van der Waals surface area contributed by atoms with Gasteiger partial charge in [-0.25, -0.2) is 0 Å². The second-order valence-corrected chi connectivity index (χ2v) is 18.2. The van der Waals surface area contributed by atoms with Gasteiger partial charge < -0.3 is 14.2 Å². The number of rotatable bonds is 49. The van der Waals surface area contributed by atoms with Crippen molar-refractivity contribution in [2.45, 2.75) is 303 Å². The van der Waals surface area contributed by atoms with Crippen LogP contribution in [0.2, 0.25) is 0 Å². The lowest BCUT2D eigenvalue weighted by molar-refractivity contribution is -0.167. The van der Waals surface area contributed by atoms with E-state index in [-0.39, 0.29) is 31.1 Å². The van der Waals surface area contributed by atoms with Crippen LogP contribution in [-0.4, -0.2) is 37.2 Å². The van der Waals surface area contributed by atoms with E-state index in [4.69, 9.17) is 14.2 Å². The molecule has 6 nitrogen and oxygen atoms in total. The van der Waals surface area contributed by atoms with Crippen LogP contribution in [0, 0.1) is 0 Å². The van der Waals surface area contributed by atoms with E-state index in [1.54, 1.807) is 0 Å². The second kappa shape index (κ2) is 49.8. The van der Waals surface area contributed by atoms with Crippen LogP contribution in [0.4, 0.5) is 0 Å². The third kappa shape index (κ3) is 47.2. The van der Waals surface area contributed by atoms with Gasteiger partial charge in [-0.15, -0.1) is 0 Å². The molecule has 0 spiro atoms.